The Balaban J connectivity index is 1.54. The van der Waals surface area contributed by atoms with Crippen LogP contribution in [0.4, 0.5) is 23.7 Å². The lowest BCUT2D eigenvalue weighted by Crippen LogP contribution is -2.42. The summed E-state index contributed by atoms with van der Waals surface area (Å²) in [7, 11) is 0. The summed E-state index contributed by atoms with van der Waals surface area (Å²) in [4.78, 5) is 18.6. The van der Waals surface area contributed by atoms with Crippen molar-refractivity contribution in [2.45, 2.75) is 39.3 Å². The highest BCUT2D eigenvalue weighted by atomic mass is 19.4. The van der Waals surface area contributed by atoms with Gasteiger partial charge in [-0.05, 0) is 55.5 Å². The molecule has 1 N–H and O–H groups in total. The molecule has 1 aromatic carbocycles. The molecule has 1 atom stereocenters. The predicted molar refractivity (Wildman–Crippen MR) is 119 cm³/mol. The molecule has 0 saturated carbocycles. The van der Waals surface area contributed by atoms with Gasteiger partial charge in [-0.3, -0.25) is 4.98 Å². The van der Waals surface area contributed by atoms with Crippen LogP contribution in [-0.2, 0) is 0 Å². The maximum Gasteiger partial charge on any atom is 0.389 e. The zero-order valence-corrected chi connectivity index (χ0v) is 18.3. The summed E-state index contributed by atoms with van der Waals surface area (Å²) in [6.45, 7) is 5.20. The molecule has 1 saturated heterocycles. The van der Waals surface area contributed by atoms with Gasteiger partial charge < -0.3 is 15.0 Å². The largest absolute Gasteiger partial charge is 0.494 e. The van der Waals surface area contributed by atoms with Crippen molar-refractivity contribution in [1.29, 1.82) is 0 Å². The quantitative estimate of drug-likeness (QED) is 0.547. The topological polar surface area (TPSA) is 54.5 Å². The van der Waals surface area contributed by atoms with Crippen LogP contribution in [0.1, 0.15) is 37.4 Å². The van der Waals surface area contributed by atoms with E-state index in [9.17, 15) is 18.0 Å². The molecule has 0 spiro atoms. The van der Waals surface area contributed by atoms with E-state index in [-0.39, 0.29) is 25.0 Å². The highest BCUT2D eigenvalue weighted by Crippen LogP contribution is 2.27. The summed E-state index contributed by atoms with van der Waals surface area (Å²) in [5.41, 5.74) is 3.71. The van der Waals surface area contributed by atoms with Gasteiger partial charge in [-0.2, -0.15) is 13.2 Å². The molecule has 0 aliphatic carbocycles. The number of aromatic nitrogens is 1. The smallest absolute Gasteiger partial charge is 0.389 e. The van der Waals surface area contributed by atoms with Crippen molar-refractivity contribution in [2.24, 2.45) is 5.92 Å². The molecule has 1 fully saturated rings. The van der Waals surface area contributed by atoms with Crippen molar-refractivity contribution < 1.29 is 22.7 Å². The molecule has 0 bridgehead atoms. The Morgan fingerprint density at radius 3 is 2.81 bits per heavy atom. The van der Waals surface area contributed by atoms with Crippen LogP contribution in [-0.4, -0.2) is 41.8 Å². The fourth-order valence-electron chi connectivity index (χ4n) is 3.56. The molecular formula is C24H28F3N3O2. The van der Waals surface area contributed by atoms with Gasteiger partial charge in [0.05, 0.1) is 18.5 Å². The number of piperidine rings is 1. The first-order chi connectivity index (χ1) is 15.2. The number of amides is 2. The summed E-state index contributed by atoms with van der Waals surface area (Å²) >= 11 is 0. The number of aryl methyl sites for hydroxylation is 1. The van der Waals surface area contributed by atoms with E-state index in [1.165, 1.54) is 5.57 Å². The molecule has 2 aromatic rings. The van der Waals surface area contributed by atoms with Crippen molar-refractivity contribution in [3.8, 4) is 5.75 Å². The molecular weight excluding hydrogens is 419 g/mol. The monoisotopic (exact) mass is 447 g/mol. The summed E-state index contributed by atoms with van der Waals surface area (Å²) in [6, 6.07) is 10.9. The lowest BCUT2D eigenvalue weighted by Gasteiger charge is -2.33. The zero-order chi connectivity index (χ0) is 23.1. The maximum atomic E-state index is 12.6. The molecule has 32 heavy (non-hydrogen) atoms. The van der Waals surface area contributed by atoms with Crippen LogP contribution in [0.5, 0.6) is 5.75 Å². The van der Waals surface area contributed by atoms with Crippen molar-refractivity contribution in [3.05, 3.63) is 59.4 Å². The van der Waals surface area contributed by atoms with E-state index < -0.39 is 12.6 Å². The Kier molecular flexibility index (Phi) is 7.77. The number of alkyl halides is 3. The summed E-state index contributed by atoms with van der Waals surface area (Å²) in [6.07, 6.45) is -0.608. The second-order valence-electron chi connectivity index (χ2n) is 8.07. The minimum Gasteiger partial charge on any atom is -0.494 e. The first kappa shape index (κ1) is 23.6. The second-order valence-corrected chi connectivity index (χ2v) is 8.07. The first-order valence-electron chi connectivity index (χ1n) is 10.7. The third kappa shape index (κ3) is 7.28. The summed E-state index contributed by atoms with van der Waals surface area (Å²) in [5.74, 6) is 0.736. The third-order valence-corrected chi connectivity index (χ3v) is 5.33. The molecule has 2 heterocycles. The van der Waals surface area contributed by atoms with Crippen molar-refractivity contribution in [2.75, 3.05) is 25.0 Å². The number of hydrogen-bond donors (Lipinski definition) is 1. The van der Waals surface area contributed by atoms with Crippen LogP contribution in [0.15, 0.2) is 48.2 Å². The fourth-order valence-corrected chi connectivity index (χ4v) is 3.56. The number of urea groups is 1. The molecule has 0 radical (unpaired) electrons. The van der Waals surface area contributed by atoms with E-state index in [1.54, 1.807) is 17.2 Å². The van der Waals surface area contributed by atoms with Gasteiger partial charge in [0, 0.05) is 25.2 Å². The predicted octanol–water partition coefficient (Wildman–Crippen LogP) is 6.07. The number of carbonyl (C=O) groups excluding carboxylic acids is 1. The molecule has 1 aliphatic heterocycles. The molecule has 1 aromatic heterocycles. The van der Waals surface area contributed by atoms with Crippen LogP contribution in [0, 0.1) is 12.8 Å². The standard InChI is InChI=1S/C24H28F3N3O2/c1-17-16-30(23(31)29-21-8-7-18(2)28-15-21)11-9-20(17)13-19-5-3-6-22(14-19)32-12-4-10-24(25,26)27/h3,5-8,13-15,17H,4,9-12,16H2,1-2H3,(H,29,31)/b20-13+. The fraction of sp³-hybridized carbons (Fsp3) is 0.417. The molecule has 5 nitrogen and oxygen atoms in total. The lowest BCUT2D eigenvalue weighted by atomic mass is 9.91. The number of rotatable bonds is 6. The van der Waals surface area contributed by atoms with Gasteiger partial charge in [-0.25, -0.2) is 4.79 Å². The average molecular weight is 448 g/mol. The number of ether oxygens (including phenoxy) is 1. The number of halogens is 3. The Bertz CT molecular complexity index is 942. The summed E-state index contributed by atoms with van der Waals surface area (Å²) < 4.78 is 42.2. The Morgan fingerprint density at radius 1 is 1.31 bits per heavy atom. The Labute approximate surface area is 186 Å². The zero-order valence-electron chi connectivity index (χ0n) is 18.3. The van der Waals surface area contributed by atoms with Gasteiger partial charge in [0.25, 0.3) is 0 Å². The molecule has 172 valence electrons. The van der Waals surface area contributed by atoms with Crippen LogP contribution >= 0.6 is 0 Å². The summed E-state index contributed by atoms with van der Waals surface area (Å²) in [5, 5.41) is 2.88. The molecule has 3 rings (SSSR count). The first-order valence-corrected chi connectivity index (χ1v) is 10.7. The number of benzene rings is 1. The third-order valence-electron chi connectivity index (χ3n) is 5.33. The molecule has 1 unspecified atom stereocenters. The van der Waals surface area contributed by atoms with Crippen molar-refractivity contribution in [3.63, 3.8) is 0 Å². The van der Waals surface area contributed by atoms with Gasteiger partial charge >= 0.3 is 12.2 Å². The van der Waals surface area contributed by atoms with Gasteiger partial charge in [0.15, 0.2) is 0 Å². The van der Waals surface area contributed by atoms with Crippen LogP contribution in [0.25, 0.3) is 6.08 Å². The number of hydrogen-bond acceptors (Lipinski definition) is 3. The normalized spacial score (nSPS) is 18.0. The molecule has 2 amide bonds. The number of pyridine rings is 1. The van der Waals surface area contributed by atoms with Crippen molar-refractivity contribution >= 4 is 17.8 Å². The molecule has 1 aliphatic rings. The van der Waals surface area contributed by atoms with Gasteiger partial charge in [-0.15, -0.1) is 0 Å². The number of nitrogens with one attached hydrogen (secondary N) is 1. The van der Waals surface area contributed by atoms with E-state index in [2.05, 4.69) is 23.3 Å². The van der Waals surface area contributed by atoms with E-state index in [4.69, 9.17) is 4.74 Å². The second kappa shape index (κ2) is 10.5. The van der Waals surface area contributed by atoms with E-state index in [1.807, 2.05) is 37.3 Å². The van der Waals surface area contributed by atoms with Gasteiger partial charge in [0.1, 0.15) is 5.75 Å². The molecule has 8 heteroatoms. The number of carbonyl (C=O) groups is 1. The SMILES string of the molecule is Cc1ccc(NC(=O)N2CC/C(=C\c3cccc(OCCCC(F)(F)F)c3)C(C)C2)cn1. The van der Waals surface area contributed by atoms with Crippen LogP contribution in [0.3, 0.4) is 0 Å². The minimum absolute atomic E-state index is 0.0243. The van der Waals surface area contributed by atoms with Crippen LogP contribution in [0.2, 0.25) is 0 Å². The van der Waals surface area contributed by atoms with Gasteiger partial charge in [-0.1, -0.05) is 30.7 Å². The maximum absolute atomic E-state index is 12.6. The Hall–Kier alpha value is -3.03. The highest BCUT2D eigenvalue weighted by molar-refractivity contribution is 5.89. The lowest BCUT2D eigenvalue weighted by molar-refractivity contribution is -0.136. The van der Waals surface area contributed by atoms with Gasteiger partial charge in [0.2, 0.25) is 0 Å². The Morgan fingerprint density at radius 2 is 2.12 bits per heavy atom. The van der Waals surface area contributed by atoms with Crippen LogP contribution < -0.4 is 10.1 Å². The number of anilines is 1. The van der Waals surface area contributed by atoms with E-state index >= 15 is 0 Å². The minimum atomic E-state index is -4.16. The van der Waals surface area contributed by atoms with E-state index in [0.29, 0.717) is 24.5 Å². The van der Waals surface area contributed by atoms with E-state index in [0.717, 1.165) is 17.7 Å². The number of nitrogens with zero attached hydrogens (tertiary/aromatic N) is 2. The average Bonchev–Trinajstić information content (AvgIpc) is 2.74. The highest BCUT2D eigenvalue weighted by Gasteiger charge is 2.26. The van der Waals surface area contributed by atoms with Crippen molar-refractivity contribution in [1.82, 2.24) is 9.88 Å². The number of likely N-dealkylation sites (tertiary alicyclic amines) is 1.